The van der Waals surface area contributed by atoms with E-state index in [1.165, 1.54) is 6.20 Å². The van der Waals surface area contributed by atoms with Crippen LogP contribution in [0.5, 0.6) is 0 Å². The molecule has 1 aromatic rings. The molecule has 0 saturated carbocycles. The molecule has 2 nitrogen and oxygen atoms in total. The van der Waals surface area contributed by atoms with Crippen LogP contribution in [0.3, 0.4) is 0 Å². The van der Waals surface area contributed by atoms with Gasteiger partial charge in [-0.2, -0.15) is 4.73 Å². The molecular weight excluding hydrogens is 150 g/mol. The van der Waals surface area contributed by atoms with E-state index in [-0.39, 0.29) is 0 Å². The third-order valence-electron chi connectivity index (χ3n) is 1.47. The van der Waals surface area contributed by atoms with Gasteiger partial charge in [-0.1, -0.05) is 26.0 Å². The fourth-order valence-corrected chi connectivity index (χ4v) is 0.874. The van der Waals surface area contributed by atoms with Gasteiger partial charge >= 0.3 is 0 Å². The van der Waals surface area contributed by atoms with Crippen molar-refractivity contribution in [1.82, 2.24) is 0 Å². The van der Waals surface area contributed by atoms with Crippen LogP contribution in [0.2, 0.25) is 0 Å². The van der Waals surface area contributed by atoms with Gasteiger partial charge in [0, 0.05) is 11.6 Å². The zero-order chi connectivity index (χ0) is 8.97. The van der Waals surface area contributed by atoms with Gasteiger partial charge in [-0.3, -0.25) is 0 Å². The molecule has 0 amide bonds. The first-order valence-corrected chi connectivity index (χ1v) is 4.05. The van der Waals surface area contributed by atoms with E-state index in [4.69, 9.17) is 0 Å². The number of pyridine rings is 1. The summed E-state index contributed by atoms with van der Waals surface area (Å²) in [6.07, 6.45) is 7.06. The molecule has 0 fully saturated rings. The van der Waals surface area contributed by atoms with Crippen molar-refractivity contribution in [3.63, 3.8) is 0 Å². The number of hydrogen-bond donors (Lipinski definition) is 0. The third kappa shape index (κ3) is 2.74. The third-order valence-corrected chi connectivity index (χ3v) is 1.47. The highest BCUT2D eigenvalue weighted by molar-refractivity contribution is 5.46. The van der Waals surface area contributed by atoms with Crippen LogP contribution in [-0.4, -0.2) is 0 Å². The van der Waals surface area contributed by atoms with Gasteiger partial charge in [0.05, 0.1) is 0 Å². The lowest BCUT2D eigenvalue weighted by Gasteiger charge is -1.96. The van der Waals surface area contributed by atoms with Crippen molar-refractivity contribution in [3.8, 4) is 0 Å². The van der Waals surface area contributed by atoms with E-state index >= 15 is 0 Å². The molecule has 0 aromatic carbocycles. The van der Waals surface area contributed by atoms with E-state index in [0.717, 1.165) is 10.3 Å². The first kappa shape index (κ1) is 8.78. The molecule has 0 saturated heterocycles. The predicted octanol–water partition coefficient (Wildman–Crippen LogP) is 1.99. The second kappa shape index (κ2) is 3.90. The summed E-state index contributed by atoms with van der Waals surface area (Å²) in [5.41, 5.74) is 0.946. The standard InChI is InChI=1S/C10H13NO/c1-9(2)5-6-10-4-3-7-11(12)8-10/h3-9H,1-2H3/b6-5+. The van der Waals surface area contributed by atoms with E-state index in [1.807, 2.05) is 12.1 Å². The van der Waals surface area contributed by atoms with E-state index < -0.39 is 0 Å². The summed E-state index contributed by atoms with van der Waals surface area (Å²) in [5.74, 6) is 0.519. The summed E-state index contributed by atoms with van der Waals surface area (Å²) in [6, 6.07) is 3.65. The Morgan fingerprint density at radius 1 is 1.50 bits per heavy atom. The SMILES string of the molecule is CC(C)/C=C/c1ccc[n+]([O-])c1. The maximum Gasteiger partial charge on any atom is 0.187 e. The highest BCUT2D eigenvalue weighted by Crippen LogP contribution is 2.01. The largest absolute Gasteiger partial charge is 0.619 e. The molecule has 0 unspecified atom stereocenters. The molecule has 0 aliphatic rings. The number of rotatable bonds is 2. The average molecular weight is 163 g/mol. The highest BCUT2D eigenvalue weighted by Gasteiger charge is 1.91. The monoisotopic (exact) mass is 163 g/mol. The molecule has 2 heteroatoms. The molecule has 1 rings (SSSR count). The second-order valence-electron chi connectivity index (χ2n) is 3.10. The normalized spacial score (nSPS) is 11.2. The maximum absolute atomic E-state index is 10.8. The van der Waals surface area contributed by atoms with Crippen LogP contribution >= 0.6 is 0 Å². The fourth-order valence-electron chi connectivity index (χ4n) is 0.874. The maximum atomic E-state index is 10.8. The summed E-state index contributed by atoms with van der Waals surface area (Å²) in [4.78, 5) is 0. The Kier molecular flexibility index (Phi) is 2.86. The van der Waals surface area contributed by atoms with Gasteiger partial charge in [0.2, 0.25) is 0 Å². The molecule has 64 valence electrons. The van der Waals surface area contributed by atoms with Gasteiger partial charge in [0.1, 0.15) is 0 Å². The van der Waals surface area contributed by atoms with Crippen LogP contribution < -0.4 is 4.73 Å². The van der Waals surface area contributed by atoms with E-state index in [2.05, 4.69) is 19.9 Å². The van der Waals surface area contributed by atoms with E-state index in [0.29, 0.717) is 5.92 Å². The van der Waals surface area contributed by atoms with Crippen LogP contribution in [0.15, 0.2) is 30.6 Å². The van der Waals surface area contributed by atoms with Gasteiger partial charge in [-0.25, -0.2) is 0 Å². The van der Waals surface area contributed by atoms with Crippen LogP contribution in [0.1, 0.15) is 19.4 Å². The van der Waals surface area contributed by atoms with Crippen LogP contribution in [0.25, 0.3) is 6.08 Å². The summed E-state index contributed by atoms with van der Waals surface area (Å²) in [6.45, 7) is 4.20. The Bertz CT molecular complexity index is 279. The number of nitrogens with zero attached hydrogens (tertiary/aromatic N) is 1. The summed E-state index contributed by atoms with van der Waals surface area (Å²) >= 11 is 0. The fraction of sp³-hybridized carbons (Fsp3) is 0.300. The van der Waals surface area contributed by atoms with Crippen molar-refractivity contribution in [1.29, 1.82) is 0 Å². The summed E-state index contributed by atoms with van der Waals surface area (Å²) < 4.78 is 0.806. The Balaban J connectivity index is 2.76. The predicted molar refractivity (Wildman–Crippen MR) is 49.3 cm³/mol. The quantitative estimate of drug-likeness (QED) is 0.484. The van der Waals surface area contributed by atoms with Gasteiger partial charge < -0.3 is 5.21 Å². The van der Waals surface area contributed by atoms with Crippen molar-refractivity contribution >= 4 is 6.08 Å². The lowest BCUT2D eigenvalue weighted by Crippen LogP contribution is -2.24. The Labute approximate surface area is 72.7 Å². The van der Waals surface area contributed by atoms with Crippen molar-refractivity contribution in [3.05, 3.63) is 41.4 Å². The Hall–Kier alpha value is -1.31. The first-order chi connectivity index (χ1) is 5.68. The number of allylic oxidation sites excluding steroid dienone is 1. The minimum atomic E-state index is 0.519. The van der Waals surface area contributed by atoms with Crippen LogP contribution in [-0.2, 0) is 0 Å². The highest BCUT2D eigenvalue weighted by atomic mass is 16.5. The molecule has 0 aliphatic carbocycles. The van der Waals surface area contributed by atoms with E-state index in [9.17, 15) is 5.21 Å². The number of aromatic nitrogens is 1. The van der Waals surface area contributed by atoms with Gasteiger partial charge in [-0.05, 0) is 12.0 Å². The molecule has 1 aromatic heterocycles. The smallest absolute Gasteiger partial charge is 0.187 e. The van der Waals surface area contributed by atoms with Gasteiger partial charge in [0.15, 0.2) is 12.4 Å². The first-order valence-electron chi connectivity index (χ1n) is 4.05. The summed E-state index contributed by atoms with van der Waals surface area (Å²) in [7, 11) is 0. The molecule has 12 heavy (non-hydrogen) atoms. The lowest BCUT2D eigenvalue weighted by atomic mass is 10.1. The zero-order valence-corrected chi connectivity index (χ0v) is 7.40. The van der Waals surface area contributed by atoms with Crippen molar-refractivity contribution < 1.29 is 4.73 Å². The van der Waals surface area contributed by atoms with E-state index in [1.54, 1.807) is 12.3 Å². The lowest BCUT2D eigenvalue weighted by molar-refractivity contribution is -0.605. The van der Waals surface area contributed by atoms with Crippen molar-refractivity contribution in [2.75, 3.05) is 0 Å². The molecule has 0 radical (unpaired) electrons. The van der Waals surface area contributed by atoms with Crippen LogP contribution in [0, 0.1) is 11.1 Å². The molecule has 0 aliphatic heterocycles. The number of hydrogen-bond acceptors (Lipinski definition) is 1. The molecule has 1 heterocycles. The Morgan fingerprint density at radius 3 is 2.83 bits per heavy atom. The van der Waals surface area contributed by atoms with Gasteiger partial charge in [0.25, 0.3) is 0 Å². The molecule has 0 spiro atoms. The minimum Gasteiger partial charge on any atom is -0.619 e. The Morgan fingerprint density at radius 2 is 2.25 bits per heavy atom. The average Bonchev–Trinajstić information content (AvgIpc) is 2.01. The molecule has 0 bridgehead atoms. The zero-order valence-electron chi connectivity index (χ0n) is 7.40. The molecule has 0 N–H and O–H groups in total. The van der Waals surface area contributed by atoms with Crippen molar-refractivity contribution in [2.24, 2.45) is 5.92 Å². The molecular formula is C10H13NO. The molecule has 0 atom stereocenters. The van der Waals surface area contributed by atoms with Gasteiger partial charge in [-0.15, -0.1) is 0 Å². The summed E-state index contributed by atoms with van der Waals surface area (Å²) in [5, 5.41) is 10.8. The second-order valence-corrected chi connectivity index (χ2v) is 3.10. The minimum absolute atomic E-state index is 0.519. The van der Waals surface area contributed by atoms with Crippen molar-refractivity contribution in [2.45, 2.75) is 13.8 Å². The van der Waals surface area contributed by atoms with Crippen LogP contribution in [0.4, 0.5) is 0 Å². The topological polar surface area (TPSA) is 26.9 Å².